The van der Waals surface area contributed by atoms with E-state index in [0.717, 1.165) is 67.5 Å². The number of pyridine rings is 2. The molecule has 4 aromatic carbocycles. The van der Waals surface area contributed by atoms with Gasteiger partial charge in [0.15, 0.2) is 0 Å². The molecule has 0 aliphatic carbocycles. The Morgan fingerprint density at radius 3 is 2.12 bits per heavy atom. The average molecular weight is 657 g/mol. The number of benzene rings is 4. The zero-order valence-corrected chi connectivity index (χ0v) is 30.3. The lowest BCUT2D eigenvalue weighted by molar-refractivity contribution is 0.406. The molecule has 0 unspecified atom stereocenters. The highest BCUT2D eigenvalue weighted by Crippen LogP contribution is 2.43. The minimum absolute atomic E-state index is 0.121. The van der Waals surface area contributed by atoms with E-state index in [9.17, 15) is 0 Å². The van der Waals surface area contributed by atoms with Crippen LogP contribution in [-0.4, -0.2) is 19.5 Å². The fourth-order valence-electron chi connectivity index (χ4n) is 7.39. The van der Waals surface area contributed by atoms with Crippen LogP contribution in [0.25, 0.3) is 72.2 Å². The average Bonchev–Trinajstić information content (AvgIpc) is 3.65. The first-order valence-electron chi connectivity index (χ1n) is 17.8. The zero-order chi connectivity index (χ0) is 34.9. The van der Waals surface area contributed by atoms with Crippen molar-refractivity contribution < 1.29 is 4.42 Å². The Bertz CT molecular complexity index is 2530. The summed E-state index contributed by atoms with van der Waals surface area (Å²) < 4.78 is 9.13. The Kier molecular flexibility index (Phi) is 7.63. The molecule has 0 radical (unpaired) electrons. The predicted octanol–water partition coefficient (Wildman–Crippen LogP) is 12.3. The van der Waals surface area contributed by atoms with Gasteiger partial charge in [-0.15, -0.1) is 0 Å². The summed E-state index contributed by atoms with van der Waals surface area (Å²) in [4.78, 5) is 15.6. The fourth-order valence-corrected chi connectivity index (χ4v) is 7.39. The standard InChI is InChI=1S/C45H44N4O/c1-26(2)36-23-31(29-13-10-9-11-14-29)24-37(27(3)4)40(36)49-41-38(22-19-30-18-17-28(5)46-39(30)41)48-43(49)35-16-12-15-33-34-21-20-32(25-45(6,7)8)47-44(34)50-42(33)35/h9-24,26-27H,25H2,1-8H3. The molecule has 0 N–H and O–H groups in total. The summed E-state index contributed by atoms with van der Waals surface area (Å²) in [6, 6.07) is 34.7. The van der Waals surface area contributed by atoms with Crippen molar-refractivity contribution in [3.8, 4) is 28.2 Å². The largest absolute Gasteiger partial charge is 0.437 e. The van der Waals surface area contributed by atoms with Crippen LogP contribution in [0.1, 0.15) is 82.8 Å². The molecule has 8 aromatic rings. The number of aryl methyl sites for hydroxylation is 1. The Labute approximate surface area is 294 Å². The SMILES string of the molecule is Cc1ccc2ccc3nc(-c4cccc5c4oc4nc(CC(C)(C)C)ccc45)n(-c4c(C(C)C)cc(-c5ccccc5)cc4C(C)C)c3c2n1. The summed E-state index contributed by atoms with van der Waals surface area (Å²) in [5.74, 6) is 1.33. The molecule has 0 atom stereocenters. The number of hydrogen-bond acceptors (Lipinski definition) is 4. The van der Waals surface area contributed by atoms with Gasteiger partial charge in [-0.05, 0) is 95.3 Å². The Morgan fingerprint density at radius 1 is 0.700 bits per heavy atom. The molecule has 0 bridgehead atoms. The maximum Gasteiger partial charge on any atom is 0.227 e. The fraction of sp³-hybridized carbons (Fsp3) is 0.267. The van der Waals surface area contributed by atoms with Crippen LogP contribution in [0.15, 0.2) is 101 Å². The van der Waals surface area contributed by atoms with Crippen LogP contribution in [0.2, 0.25) is 0 Å². The molecule has 0 saturated heterocycles. The highest BCUT2D eigenvalue weighted by atomic mass is 16.3. The van der Waals surface area contributed by atoms with Gasteiger partial charge in [-0.1, -0.05) is 103 Å². The molecule has 250 valence electrons. The third-order valence-corrected chi connectivity index (χ3v) is 9.73. The lowest BCUT2D eigenvalue weighted by Gasteiger charge is -2.24. The van der Waals surface area contributed by atoms with Gasteiger partial charge >= 0.3 is 0 Å². The quantitative estimate of drug-likeness (QED) is 0.179. The number of imidazole rings is 1. The van der Waals surface area contributed by atoms with Crippen molar-refractivity contribution in [2.75, 3.05) is 0 Å². The maximum absolute atomic E-state index is 6.74. The molecular formula is C45H44N4O. The molecule has 0 fully saturated rings. The zero-order valence-electron chi connectivity index (χ0n) is 30.3. The summed E-state index contributed by atoms with van der Waals surface area (Å²) in [6.07, 6.45) is 0.872. The van der Waals surface area contributed by atoms with Gasteiger partial charge in [-0.25, -0.2) is 9.97 Å². The van der Waals surface area contributed by atoms with Crippen molar-refractivity contribution in [2.24, 2.45) is 5.41 Å². The number of hydrogen-bond donors (Lipinski definition) is 0. The van der Waals surface area contributed by atoms with Gasteiger partial charge in [0.05, 0.1) is 27.8 Å². The molecule has 0 spiro atoms. The Hall–Kier alpha value is -5.29. The van der Waals surface area contributed by atoms with Gasteiger partial charge in [0.25, 0.3) is 0 Å². The van der Waals surface area contributed by atoms with E-state index in [1.165, 1.54) is 27.9 Å². The minimum Gasteiger partial charge on any atom is -0.437 e. The van der Waals surface area contributed by atoms with E-state index in [1.54, 1.807) is 0 Å². The van der Waals surface area contributed by atoms with Crippen molar-refractivity contribution in [3.05, 3.63) is 120 Å². The summed E-state index contributed by atoms with van der Waals surface area (Å²) in [5, 5.41) is 3.15. The Balaban J connectivity index is 1.49. The van der Waals surface area contributed by atoms with Gasteiger partial charge in [-0.2, -0.15) is 0 Å². The highest BCUT2D eigenvalue weighted by Gasteiger charge is 2.27. The van der Waals surface area contributed by atoms with Crippen LogP contribution < -0.4 is 0 Å². The summed E-state index contributed by atoms with van der Waals surface area (Å²) in [6.45, 7) is 17.9. The lowest BCUT2D eigenvalue weighted by atomic mass is 9.88. The Morgan fingerprint density at radius 2 is 1.42 bits per heavy atom. The molecular weight excluding hydrogens is 613 g/mol. The maximum atomic E-state index is 6.74. The van der Waals surface area contributed by atoms with Crippen LogP contribution >= 0.6 is 0 Å². The number of fused-ring (bicyclic) bond motifs is 6. The normalized spacial score (nSPS) is 12.4. The second-order valence-electron chi connectivity index (χ2n) is 15.6. The van der Waals surface area contributed by atoms with Gasteiger partial charge in [0.2, 0.25) is 5.71 Å². The van der Waals surface area contributed by atoms with E-state index >= 15 is 0 Å². The van der Waals surface area contributed by atoms with Gasteiger partial charge < -0.3 is 4.42 Å². The molecule has 4 heterocycles. The second-order valence-corrected chi connectivity index (χ2v) is 15.6. The van der Waals surface area contributed by atoms with Crippen molar-refractivity contribution in [2.45, 2.75) is 73.6 Å². The van der Waals surface area contributed by atoms with Gasteiger partial charge in [0, 0.05) is 27.5 Å². The van der Waals surface area contributed by atoms with Crippen molar-refractivity contribution in [1.82, 2.24) is 19.5 Å². The molecule has 0 aliphatic rings. The first-order chi connectivity index (χ1) is 24.0. The minimum atomic E-state index is 0.121. The van der Waals surface area contributed by atoms with Crippen LogP contribution in [0.5, 0.6) is 0 Å². The summed E-state index contributed by atoms with van der Waals surface area (Å²) in [7, 11) is 0. The molecule has 4 aromatic heterocycles. The van der Waals surface area contributed by atoms with E-state index in [-0.39, 0.29) is 17.3 Å². The van der Waals surface area contributed by atoms with Crippen LogP contribution in [-0.2, 0) is 6.42 Å². The van der Waals surface area contributed by atoms with E-state index in [0.29, 0.717) is 5.71 Å². The molecule has 5 heteroatoms. The molecule has 0 amide bonds. The summed E-state index contributed by atoms with van der Waals surface area (Å²) in [5.41, 5.74) is 13.5. The molecule has 0 saturated carbocycles. The van der Waals surface area contributed by atoms with Crippen LogP contribution in [0.3, 0.4) is 0 Å². The first kappa shape index (κ1) is 31.9. The molecule has 0 aliphatic heterocycles. The molecule has 5 nitrogen and oxygen atoms in total. The van der Waals surface area contributed by atoms with Gasteiger partial charge in [-0.3, -0.25) is 9.55 Å². The molecule has 50 heavy (non-hydrogen) atoms. The van der Waals surface area contributed by atoms with Gasteiger partial charge in [0.1, 0.15) is 11.4 Å². The number of rotatable bonds is 6. The van der Waals surface area contributed by atoms with Crippen molar-refractivity contribution >= 4 is 44.0 Å². The molecule has 8 rings (SSSR count). The van der Waals surface area contributed by atoms with E-state index in [1.807, 2.05) is 0 Å². The number of aromatic nitrogens is 4. The van der Waals surface area contributed by atoms with E-state index in [2.05, 4.69) is 157 Å². The van der Waals surface area contributed by atoms with Crippen molar-refractivity contribution in [3.63, 3.8) is 0 Å². The predicted molar refractivity (Wildman–Crippen MR) is 208 cm³/mol. The lowest BCUT2D eigenvalue weighted by Crippen LogP contribution is -2.10. The topological polar surface area (TPSA) is 56.7 Å². The monoisotopic (exact) mass is 656 g/mol. The van der Waals surface area contributed by atoms with E-state index < -0.39 is 0 Å². The first-order valence-corrected chi connectivity index (χ1v) is 17.8. The van der Waals surface area contributed by atoms with Crippen LogP contribution in [0.4, 0.5) is 0 Å². The van der Waals surface area contributed by atoms with Crippen LogP contribution in [0, 0.1) is 12.3 Å². The smallest absolute Gasteiger partial charge is 0.227 e. The third kappa shape index (κ3) is 5.45. The van der Waals surface area contributed by atoms with E-state index in [4.69, 9.17) is 19.4 Å². The van der Waals surface area contributed by atoms with Crippen molar-refractivity contribution in [1.29, 1.82) is 0 Å². The second kappa shape index (κ2) is 11.9. The number of para-hydroxylation sites is 1. The summed E-state index contributed by atoms with van der Waals surface area (Å²) >= 11 is 0. The highest BCUT2D eigenvalue weighted by molar-refractivity contribution is 6.10. The number of furan rings is 1. The third-order valence-electron chi connectivity index (χ3n) is 9.73. The number of nitrogens with zero attached hydrogens (tertiary/aromatic N) is 4.